The van der Waals surface area contributed by atoms with Crippen LogP contribution in [0.4, 0.5) is 13.2 Å². The molecule has 0 aromatic carbocycles. The molecule has 1 aromatic rings. The van der Waals surface area contributed by atoms with Crippen LogP contribution in [0.5, 0.6) is 0 Å². The summed E-state index contributed by atoms with van der Waals surface area (Å²) in [5.41, 5.74) is -0.765. The first-order valence-electron chi connectivity index (χ1n) is 8.89. The van der Waals surface area contributed by atoms with E-state index in [-0.39, 0.29) is 5.91 Å². The highest BCUT2D eigenvalue weighted by Gasteiger charge is 2.39. The second-order valence-electron chi connectivity index (χ2n) is 6.94. The number of amides is 1. The largest absolute Gasteiger partial charge is 0.451 e. The molecule has 2 aliphatic rings. The molecule has 146 valence electrons. The molecule has 10 heteroatoms. The van der Waals surface area contributed by atoms with Crippen molar-refractivity contribution in [2.24, 2.45) is 7.05 Å². The second-order valence-corrected chi connectivity index (χ2v) is 8.23. The van der Waals surface area contributed by atoms with Gasteiger partial charge in [-0.15, -0.1) is 16.9 Å². The molecule has 0 atom stereocenters. The summed E-state index contributed by atoms with van der Waals surface area (Å²) in [4.78, 5) is 26.1. The Bertz CT molecular complexity index is 701. The van der Waals surface area contributed by atoms with Crippen LogP contribution in [-0.4, -0.2) is 49.2 Å². The molecule has 6 nitrogen and oxygen atoms in total. The molecular weight excluding hydrogens is 369 g/mol. The maximum Gasteiger partial charge on any atom is 0.451 e. The van der Waals surface area contributed by atoms with Gasteiger partial charge in [0.05, 0.1) is 11.8 Å². The van der Waals surface area contributed by atoms with Gasteiger partial charge in [0, 0.05) is 25.4 Å². The minimum atomic E-state index is -4.66. The monoisotopic (exact) mass is 392 g/mol. The lowest BCUT2D eigenvalue weighted by molar-refractivity contribution is -0.147. The number of hydrogen-bond acceptors (Lipinski definition) is 4. The van der Waals surface area contributed by atoms with E-state index in [0.29, 0.717) is 41.5 Å². The number of carbonyl (C=O) groups is 1. The number of aromatic nitrogens is 3. The van der Waals surface area contributed by atoms with Crippen LogP contribution in [-0.2, 0) is 18.0 Å². The number of carbonyl (C=O) groups excluding carboxylic acids is 1. The van der Waals surface area contributed by atoms with Crippen molar-refractivity contribution in [2.75, 3.05) is 18.8 Å². The van der Waals surface area contributed by atoms with Gasteiger partial charge in [-0.3, -0.25) is 9.36 Å². The van der Waals surface area contributed by atoms with E-state index in [9.17, 15) is 22.8 Å². The zero-order valence-electron chi connectivity index (χ0n) is 14.7. The smallest absolute Gasteiger partial charge is 0.342 e. The Balaban J connectivity index is 1.57. The van der Waals surface area contributed by atoms with Crippen LogP contribution >= 0.6 is 11.8 Å². The summed E-state index contributed by atoms with van der Waals surface area (Å²) in [5, 5.41) is 4.07. The summed E-state index contributed by atoms with van der Waals surface area (Å²) >= 11 is 1.71. The molecule has 0 unspecified atom stereocenters. The summed E-state index contributed by atoms with van der Waals surface area (Å²) in [6.45, 7) is 0.887. The van der Waals surface area contributed by atoms with Crippen molar-refractivity contribution in [3.05, 3.63) is 16.3 Å². The zero-order valence-corrected chi connectivity index (χ0v) is 15.5. The Labute approximate surface area is 153 Å². The Morgan fingerprint density at radius 3 is 2.35 bits per heavy atom. The predicted molar refractivity (Wildman–Crippen MR) is 92.0 cm³/mol. The first kappa shape index (κ1) is 19.3. The molecule has 1 aliphatic carbocycles. The number of alkyl halides is 3. The Hall–Kier alpha value is -1.45. The van der Waals surface area contributed by atoms with Crippen molar-refractivity contribution in [2.45, 2.75) is 56.0 Å². The summed E-state index contributed by atoms with van der Waals surface area (Å²) < 4.78 is 40.2. The van der Waals surface area contributed by atoms with Crippen LogP contribution in [0.15, 0.2) is 4.79 Å². The lowest BCUT2D eigenvalue weighted by Crippen LogP contribution is -2.42. The molecule has 26 heavy (non-hydrogen) atoms. The fourth-order valence-corrected chi connectivity index (χ4v) is 4.86. The van der Waals surface area contributed by atoms with Crippen LogP contribution < -0.4 is 5.69 Å². The van der Waals surface area contributed by atoms with Crippen molar-refractivity contribution in [1.29, 1.82) is 0 Å². The van der Waals surface area contributed by atoms with Gasteiger partial charge in [0.2, 0.25) is 11.7 Å². The first-order valence-corrected chi connectivity index (χ1v) is 9.94. The van der Waals surface area contributed by atoms with E-state index in [4.69, 9.17) is 0 Å². The number of nitrogens with zero attached hydrogens (tertiary/aromatic N) is 4. The SMILES string of the molecule is Cn1c(C(F)(F)F)nn(C2CCN(C(=O)CSC3CCCC3)CC2)c1=O. The molecule has 1 aliphatic heterocycles. The van der Waals surface area contributed by atoms with Gasteiger partial charge in [0.25, 0.3) is 0 Å². The minimum absolute atomic E-state index is 0.0738. The summed E-state index contributed by atoms with van der Waals surface area (Å²) in [5.74, 6) is -0.657. The van der Waals surface area contributed by atoms with Crippen LogP contribution in [0.1, 0.15) is 50.4 Å². The van der Waals surface area contributed by atoms with Gasteiger partial charge in [-0.1, -0.05) is 12.8 Å². The van der Waals surface area contributed by atoms with Gasteiger partial charge in [-0.05, 0) is 25.7 Å². The highest BCUT2D eigenvalue weighted by molar-refractivity contribution is 8.00. The normalized spacial score (nSPS) is 20.1. The van der Waals surface area contributed by atoms with E-state index in [0.717, 1.165) is 11.7 Å². The van der Waals surface area contributed by atoms with Gasteiger partial charge >= 0.3 is 11.9 Å². The zero-order chi connectivity index (χ0) is 18.9. The van der Waals surface area contributed by atoms with Crippen LogP contribution in [0, 0.1) is 0 Å². The third-order valence-corrected chi connectivity index (χ3v) is 6.52. The van der Waals surface area contributed by atoms with E-state index in [2.05, 4.69) is 5.10 Å². The topological polar surface area (TPSA) is 60.1 Å². The molecule has 1 saturated heterocycles. The molecule has 0 radical (unpaired) electrons. The van der Waals surface area contributed by atoms with Crippen molar-refractivity contribution >= 4 is 17.7 Å². The van der Waals surface area contributed by atoms with E-state index >= 15 is 0 Å². The predicted octanol–water partition coefficient (Wildman–Crippen LogP) is 2.44. The Morgan fingerprint density at radius 2 is 1.81 bits per heavy atom. The lowest BCUT2D eigenvalue weighted by atomic mass is 10.1. The second kappa shape index (κ2) is 7.66. The molecule has 1 amide bonds. The quantitative estimate of drug-likeness (QED) is 0.790. The number of piperidine rings is 1. The molecule has 2 heterocycles. The molecule has 3 rings (SSSR count). The summed E-state index contributed by atoms with van der Waals surface area (Å²) in [6, 6.07) is -0.406. The number of rotatable bonds is 4. The maximum atomic E-state index is 12.9. The van der Waals surface area contributed by atoms with Gasteiger partial charge in [0.1, 0.15) is 0 Å². The molecule has 0 spiro atoms. The lowest BCUT2D eigenvalue weighted by Gasteiger charge is -2.31. The third-order valence-electron chi connectivity index (χ3n) is 5.16. The number of likely N-dealkylation sites (tertiary alicyclic amines) is 1. The van der Waals surface area contributed by atoms with Crippen LogP contribution in [0.3, 0.4) is 0 Å². The average Bonchev–Trinajstić information content (AvgIpc) is 3.22. The summed E-state index contributed by atoms with van der Waals surface area (Å²) in [7, 11) is 1.08. The molecule has 1 aromatic heterocycles. The van der Waals surface area contributed by atoms with E-state index in [1.165, 1.54) is 25.7 Å². The third kappa shape index (κ3) is 4.10. The molecule has 0 bridgehead atoms. The summed E-state index contributed by atoms with van der Waals surface area (Å²) in [6.07, 6.45) is 1.02. The Kier molecular flexibility index (Phi) is 5.69. The molecular formula is C16H23F3N4O2S. The minimum Gasteiger partial charge on any atom is -0.342 e. The van der Waals surface area contributed by atoms with E-state index < -0.39 is 23.7 Å². The number of hydrogen-bond donors (Lipinski definition) is 0. The van der Waals surface area contributed by atoms with E-state index in [1.54, 1.807) is 16.7 Å². The van der Waals surface area contributed by atoms with Gasteiger partial charge < -0.3 is 4.90 Å². The standard InChI is InChI=1S/C16H23F3N4O2S/c1-21-14(16(17,18)19)20-23(15(21)25)11-6-8-22(9-7-11)13(24)10-26-12-4-2-3-5-12/h11-12H,2-10H2,1H3. The van der Waals surface area contributed by atoms with Crippen LogP contribution in [0.2, 0.25) is 0 Å². The highest BCUT2D eigenvalue weighted by atomic mass is 32.2. The fourth-order valence-electron chi connectivity index (χ4n) is 3.64. The average molecular weight is 392 g/mol. The van der Waals surface area contributed by atoms with Crippen molar-refractivity contribution in [3.8, 4) is 0 Å². The Morgan fingerprint density at radius 1 is 1.19 bits per heavy atom. The highest BCUT2D eigenvalue weighted by Crippen LogP contribution is 2.30. The fraction of sp³-hybridized carbons (Fsp3) is 0.812. The number of thioether (sulfide) groups is 1. The van der Waals surface area contributed by atoms with E-state index in [1.807, 2.05) is 0 Å². The maximum absolute atomic E-state index is 12.9. The first-order chi connectivity index (χ1) is 12.3. The van der Waals surface area contributed by atoms with Gasteiger partial charge in [0.15, 0.2) is 0 Å². The van der Waals surface area contributed by atoms with Crippen molar-refractivity contribution in [1.82, 2.24) is 19.2 Å². The molecule has 2 fully saturated rings. The number of halogens is 3. The van der Waals surface area contributed by atoms with Gasteiger partial charge in [-0.25, -0.2) is 9.48 Å². The molecule has 0 N–H and O–H groups in total. The van der Waals surface area contributed by atoms with Crippen molar-refractivity contribution < 1.29 is 18.0 Å². The van der Waals surface area contributed by atoms with Crippen LogP contribution in [0.25, 0.3) is 0 Å². The van der Waals surface area contributed by atoms with Crippen molar-refractivity contribution in [3.63, 3.8) is 0 Å². The van der Waals surface area contributed by atoms with Gasteiger partial charge in [-0.2, -0.15) is 13.2 Å². The molecule has 1 saturated carbocycles.